The molecule has 1 aliphatic heterocycles. The Kier molecular flexibility index (Phi) is 5.05. The van der Waals surface area contributed by atoms with Gasteiger partial charge in [0.25, 0.3) is 0 Å². The molecule has 0 bridgehead atoms. The first kappa shape index (κ1) is 14.2. The number of hydrogen-bond donors (Lipinski definition) is 1. The van der Waals surface area contributed by atoms with E-state index in [-0.39, 0.29) is 6.03 Å². The molecule has 1 aromatic rings. The third-order valence-corrected chi connectivity index (χ3v) is 3.79. The fourth-order valence-corrected chi connectivity index (χ4v) is 2.36. The van der Waals surface area contributed by atoms with E-state index >= 15 is 0 Å². The second-order valence-corrected chi connectivity index (χ2v) is 5.27. The minimum Gasteiger partial charge on any atom is -0.338 e. The average Bonchev–Trinajstić information content (AvgIpc) is 2.41. The fourth-order valence-electron chi connectivity index (χ4n) is 2.13. The molecule has 0 spiro atoms. The van der Waals surface area contributed by atoms with Crippen LogP contribution >= 0.6 is 11.6 Å². The Morgan fingerprint density at radius 1 is 1.26 bits per heavy atom. The molecule has 0 unspecified atom stereocenters. The minimum absolute atomic E-state index is 0.0279. The van der Waals surface area contributed by atoms with E-state index in [0.717, 1.165) is 43.2 Å². The van der Waals surface area contributed by atoms with Gasteiger partial charge >= 0.3 is 6.03 Å². The topological polar surface area (TPSA) is 35.6 Å². The summed E-state index contributed by atoms with van der Waals surface area (Å²) in [5.74, 6) is 0. The number of nitrogens with zero attached hydrogens (tertiary/aromatic N) is 2. The van der Waals surface area contributed by atoms with Gasteiger partial charge in [0.1, 0.15) is 0 Å². The van der Waals surface area contributed by atoms with Crippen molar-refractivity contribution in [3.05, 3.63) is 34.9 Å². The van der Waals surface area contributed by atoms with E-state index in [4.69, 9.17) is 11.6 Å². The van der Waals surface area contributed by atoms with Crippen LogP contribution in [0.4, 0.5) is 4.79 Å². The highest BCUT2D eigenvalue weighted by molar-refractivity contribution is 6.31. The molecule has 0 radical (unpaired) electrons. The Labute approximate surface area is 119 Å². The van der Waals surface area contributed by atoms with Gasteiger partial charge in [0.15, 0.2) is 0 Å². The van der Waals surface area contributed by atoms with Crippen molar-refractivity contribution in [2.45, 2.75) is 6.42 Å². The largest absolute Gasteiger partial charge is 0.338 e. The number of piperazine rings is 1. The van der Waals surface area contributed by atoms with E-state index in [1.807, 2.05) is 29.2 Å². The zero-order chi connectivity index (χ0) is 13.7. The van der Waals surface area contributed by atoms with Crippen LogP contribution in [0.25, 0.3) is 0 Å². The molecule has 0 aliphatic carbocycles. The SMILES string of the molecule is CN1CCN(C(=O)NCCc2ccccc2Cl)CC1. The number of benzene rings is 1. The van der Waals surface area contributed by atoms with Gasteiger partial charge in [0.2, 0.25) is 0 Å². The highest BCUT2D eigenvalue weighted by Gasteiger charge is 2.18. The summed E-state index contributed by atoms with van der Waals surface area (Å²) in [5.41, 5.74) is 1.07. The lowest BCUT2D eigenvalue weighted by Gasteiger charge is -2.32. The Hall–Kier alpha value is -1.26. The van der Waals surface area contributed by atoms with Crippen molar-refractivity contribution in [2.24, 2.45) is 0 Å². The van der Waals surface area contributed by atoms with Gasteiger partial charge < -0.3 is 15.1 Å². The van der Waals surface area contributed by atoms with E-state index < -0.39 is 0 Å². The molecule has 1 heterocycles. The van der Waals surface area contributed by atoms with E-state index in [1.165, 1.54) is 0 Å². The molecule has 2 amide bonds. The molecule has 4 nitrogen and oxygen atoms in total. The molecule has 19 heavy (non-hydrogen) atoms. The molecule has 5 heteroatoms. The lowest BCUT2D eigenvalue weighted by molar-refractivity contribution is 0.154. The fraction of sp³-hybridized carbons (Fsp3) is 0.500. The van der Waals surface area contributed by atoms with Gasteiger partial charge in [-0.1, -0.05) is 29.8 Å². The second-order valence-electron chi connectivity index (χ2n) is 4.86. The van der Waals surface area contributed by atoms with Gasteiger partial charge in [-0.25, -0.2) is 4.79 Å². The number of carbonyl (C=O) groups excluding carboxylic acids is 1. The van der Waals surface area contributed by atoms with E-state index in [2.05, 4.69) is 17.3 Å². The minimum atomic E-state index is 0.0279. The van der Waals surface area contributed by atoms with Crippen LogP contribution in [0.15, 0.2) is 24.3 Å². The summed E-state index contributed by atoms with van der Waals surface area (Å²) in [6.07, 6.45) is 0.763. The number of hydrogen-bond acceptors (Lipinski definition) is 2. The zero-order valence-corrected chi connectivity index (χ0v) is 12.0. The standard InChI is InChI=1S/C14H20ClN3O/c1-17-8-10-18(11-9-17)14(19)16-7-6-12-4-2-3-5-13(12)15/h2-5H,6-11H2,1H3,(H,16,19). The van der Waals surface area contributed by atoms with Crippen molar-refractivity contribution in [2.75, 3.05) is 39.8 Å². The molecular formula is C14H20ClN3O. The predicted molar refractivity (Wildman–Crippen MR) is 77.6 cm³/mol. The molecule has 0 aromatic heterocycles. The molecule has 0 atom stereocenters. The normalized spacial score (nSPS) is 16.4. The average molecular weight is 282 g/mol. The van der Waals surface area contributed by atoms with E-state index in [9.17, 15) is 4.79 Å². The van der Waals surface area contributed by atoms with Gasteiger partial charge in [-0.05, 0) is 25.1 Å². The van der Waals surface area contributed by atoms with Crippen LogP contribution in [-0.2, 0) is 6.42 Å². The predicted octanol–water partition coefficient (Wildman–Crippen LogP) is 1.84. The maximum atomic E-state index is 11.9. The van der Waals surface area contributed by atoms with Gasteiger partial charge in [-0.2, -0.15) is 0 Å². The van der Waals surface area contributed by atoms with Gasteiger partial charge in [-0.3, -0.25) is 0 Å². The highest BCUT2D eigenvalue weighted by Crippen LogP contribution is 2.14. The Balaban J connectivity index is 1.74. The molecule has 1 N–H and O–H groups in total. The highest BCUT2D eigenvalue weighted by atomic mass is 35.5. The first-order chi connectivity index (χ1) is 9.16. The van der Waals surface area contributed by atoms with Crippen molar-refractivity contribution >= 4 is 17.6 Å². The number of carbonyl (C=O) groups is 1. The van der Waals surface area contributed by atoms with Crippen LogP contribution in [0.3, 0.4) is 0 Å². The van der Waals surface area contributed by atoms with Gasteiger partial charge in [-0.15, -0.1) is 0 Å². The lowest BCUT2D eigenvalue weighted by atomic mass is 10.1. The maximum Gasteiger partial charge on any atom is 0.317 e. The molecule has 0 saturated carbocycles. The smallest absolute Gasteiger partial charge is 0.317 e. The summed E-state index contributed by atoms with van der Waals surface area (Å²) in [4.78, 5) is 16.0. The summed E-state index contributed by atoms with van der Waals surface area (Å²) < 4.78 is 0. The van der Waals surface area contributed by atoms with Crippen molar-refractivity contribution < 1.29 is 4.79 Å². The quantitative estimate of drug-likeness (QED) is 0.918. The van der Waals surface area contributed by atoms with Gasteiger partial charge in [0.05, 0.1) is 0 Å². The van der Waals surface area contributed by atoms with Crippen LogP contribution in [-0.4, -0.2) is 55.6 Å². The number of halogens is 1. The van der Waals surface area contributed by atoms with Crippen LogP contribution in [0.5, 0.6) is 0 Å². The summed E-state index contributed by atoms with van der Waals surface area (Å²) in [6, 6.07) is 7.77. The number of rotatable bonds is 3. The van der Waals surface area contributed by atoms with E-state index in [1.54, 1.807) is 0 Å². The summed E-state index contributed by atoms with van der Waals surface area (Å²) in [7, 11) is 2.08. The first-order valence-electron chi connectivity index (χ1n) is 6.61. The van der Waals surface area contributed by atoms with Gasteiger partial charge in [0, 0.05) is 37.7 Å². The molecule has 1 fully saturated rings. The number of urea groups is 1. The third-order valence-electron chi connectivity index (χ3n) is 3.42. The zero-order valence-electron chi connectivity index (χ0n) is 11.2. The van der Waals surface area contributed by atoms with Crippen LogP contribution < -0.4 is 5.32 Å². The second kappa shape index (κ2) is 6.78. The molecule has 1 aliphatic rings. The Morgan fingerprint density at radius 2 is 1.95 bits per heavy atom. The molecule has 104 valence electrons. The Bertz CT molecular complexity index is 430. The van der Waals surface area contributed by atoms with Crippen LogP contribution in [0.1, 0.15) is 5.56 Å². The van der Waals surface area contributed by atoms with Crippen molar-refractivity contribution in [1.29, 1.82) is 0 Å². The number of amides is 2. The van der Waals surface area contributed by atoms with Crippen molar-refractivity contribution in [1.82, 2.24) is 15.1 Å². The maximum absolute atomic E-state index is 11.9. The Morgan fingerprint density at radius 3 is 2.63 bits per heavy atom. The molecular weight excluding hydrogens is 262 g/mol. The number of nitrogens with one attached hydrogen (secondary N) is 1. The summed E-state index contributed by atoms with van der Waals surface area (Å²) in [5, 5.41) is 3.71. The summed E-state index contributed by atoms with van der Waals surface area (Å²) in [6.45, 7) is 4.10. The summed E-state index contributed by atoms with van der Waals surface area (Å²) >= 11 is 6.08. The third kappa shape index (κ3) is 4.11. The number of likely N-dealkylation sites (N-methyl/N-ethyl adjacent to an activating group) is 1. The van der Waals surface area contributed by atoms with Crippen LogP contribution in [0.2, 0.25) is 5.02 Å². The lowest BCUT2D eigenvalue weighted by Crippen LogP contribution is -2.50. The van der Waals surface area contributed by atoms with Crippen molar-refractivity contribution in [3.63, 3.8) is 0 Å². The molecule has 1 saturated heterocycles. The van der Waals surface area contributed by atoms with Crippen LogP contribution in [0, 0.1) is 0 Å². The molecule has 2 rings (SSSR count). The molecule has 1 aromatic carbocycles. The van der Waals surface area contributed by atoms with Crippen molar-refractivity contribution in [3.8, 4) is 0 Å². The monoisotopic (exact) mass is 281 g/mol. The first-order valence-corrected chi connectivity index (χ1v) is 6.99. The van der Waals surface area contributed by atoms with E-state index in [0.29, 0.717) is 6.54 Å².